The van der Waals surface area contributed by atoms with E-state index in [-0.39, 0.29) is 11.3 Å². The normalized spacial score (nSPS) is 23.8. The zero-order valence-electron chi connectivity index (χ0n) is 21.4. The minimum atomic E-state index is -1.00. The number of amides is 1. The van der Waals surface area contributed by atoms with Gasteiger partial charge in [0, 0.05) is 23.6 Å². The fourth-order valence-corrected chi connectivity index (χ4v) is 4.75. The Bertz CT molecular complexity index is 1440. The molecule has 4 atom stereocenters. The maximum Gasteiger partial charge on any atom is 0.509 e. The molecule has 2 aliphatic heterocycles. The van der Waals surface area contributed by atoms with Crippen molar-refractivity contribution in [3.8, 4) is 11.5 Å². The number of aryl methyl sites for hydroxylation is 1. The van der Waals surface area contributed by atoms with Crippen molar-refractivity contribution in [3.05, 3.63) is 64.0 Å². The second-order valence-electron chi connectivity index (χ2n) is 9.52. The van der Waals surface area contributed by atoms with Gasteiger partial charge in [-0.3, -0.25) is 4.79 Å². The molecule has 2 fully saturated rings. The summed E-state index contributed by atoms with van der Waals surface area (Å²) in [5.41, 5.74) is -0.446. The summed E-state index contributed by atoms with van der Waals surface area (Å²) < 4.78 is 39.0. The molecule has 1 N–H and O–H groups in total. The molecule has 0 aliphatic carbocycles. The predicted molar refractivity (Wildman–Crippen MR) is 134 cm³/mol. The van der Waals surface area contributed by atoms with Crippen LogP contribution in [-0.2, 0) is 18.9 Å². The Morgan fingerprint density at radius 2 is 1.71 bits per heavy atom. The van der Waals surface area contributed by atoms with Crippen molar-refractivity contribution in [2.24, 2.45) is 0 Å². The minimum Gasteiger partial charge on any atom is -0.497 e. The number of carbonyl (C=O) groups is 2. The van der Waals surface area contributed by atoms with E-state index in [1.54, 1.807) is 57.2 Å². The maximum absolute atomic E-state index is 12.7. The predicted octanol–water partition coefficient (Wildman–Crippen LogP) is 3.80. The van der Waals surface area contributed by atoms with Crippen LogP contribution in [-0.4, -0.2) is 56.5 Å². The lowest BCUT2D eigenvalue weighted by atomic mass is 9.89. The monoisotopic (exact) mass is 525 g/mol. The lowest BCUT2D eigenvalue weighted by molar-refractivity contribution is -0.282. The summed E-state index contributed by atoms with van der Waals surface area (Å²) in [6, 6.07) is 11.4. The topological polar surface area (TPSA) is 132 Å². The molecule has 0 radical (unpaired) electrons. The van der Waals surface area contributed by atoms with Crippen LogP contribution in [0.5, 0.6) is 11.5 Å². The summed E-state index contributed by atoms with van der Waals surface area (Å²) in [4.78, 5) is 37.3. The fraction of sp³-hybridized carbons (Fsp3) is 0.370. The fourth-order valence-electron chi connectivity index (χ4n) is 4.75. The van der Waals surface area contributed by atoms with Gasteiger partial charge in [-0.15, -0.1) is 0 Å². The third-order valence-corrected chi connectivity index (χ3v) is 6.66. The molecule has 5 rings (SSSR count). The smallest absolute Gasteiger partial charge is 0.497 e. The highest BCUT2D eigenvalue weighted by molar-refractivity contribution is 6.04. The van der Waals surface area contributed by atoms with Gasteiger partial charge < -0.3 is 38.2 Å². The molecule has 2 aromatic carbocycles. The Balaban J connectivity index is 1.40. The first-order chi connectivity index (χ1) is 18.1. The zero-order chi connectivity index (χ0) is 27.2. The van der Waals surface area contributed by atoms with E-state index >= 15 is 0 Å². The Morgan fingerprint density at radius 1 is 1.00 bits per heavy atom. The van der Waals surface area contributed by atoms with Crippen molar-refractivity contribution in [1.82, 2.24) is 0 Å². The van der Waals surface area contributed by atoms with Crippen LogP contribution in [0.2, 0.25) is 0 Å². The van der Waals surface area contributed by atoms with E-state index in [9.17, 15) is 14.4 Å². The van der Waals surface area contributed by atoms with Crippen molar-refractivity contribution >= 4 is 28.7 Å². The van der Waals surface area contributed by atoms with Gasteiger partial charge in [-0.1, -0.05) is 0 Å². The van der Waals surface area contributed by atoms with Crippen molar-refractivity contribution in [3.63, 3.8) is 0 Å². The second-order valence-corrected chi connectivity index (χ2v) is 9.52. The van der Waals surface area contributed by atoms with Gasteiger partial charge in [-0.2, -0.15) is 0 Å². The van der Waals surface area contributed by atoms with Gasteiger partial charge in [0.05, 0.1) is 12.7 Å². The highest BCUT2D eigenvalue weighted by atomic mass is 16.8. The van der Waals surface area contributed by atoms with Crippen LogP contribution in [0.25, 0.3) is 11.0 Å². The van der Waals surface area contributed by atoms with E-state index in [0.717, 1.165) is 0 Å². The number of methoxy groups -OCH3 is 2. The van der Waals surface area contributed by atoms with Crippen LogP contribution in [0, 0.1) is 6.92 Å². The van der Waals surface area contributed by atoms with Gasteiger partial charge >= 0.3 is 11.8 Å². The van der Waals surface area contributed by atoms with Crippen LogP contribution in [0.1, 0.15) is 29.8 Å². The van der Waals surface area contributed by atoms with Crippen LogP contribution in [0.15, 0.2) is 51.7 Å². The summed E-state index contributed by atoms with van der Waals surface area (Å²) in [7, 11) is 3.03. The van der Waals surface area contributed by atoms with Crippen LogP contribution < -0.4 is 20.4 Å². The number of hydrogen-bond donors (Lipinski definition) is 1. The highest BCUT2D eigenvalue weighted by Gasteiger charge is 2.59. The van der Waals surface area contributed by atoms with Gasteiger partial charge in [-0.05, 0) is 63.2 Å². The molecule has 200 valence electrons. The molecule has 1 aromatic heterocycles. The first kappa shape index (κ1) is 25.6. The van der Waals surface area contributed by atoms with Gasteiger partial charge in [0.1, 0.15) is 28.9 Å². The number of hydrogen-bond acceptors (Lipinski definition) is 10. The van der Waals surface area contributed by atoms with Gasteiger partial charge in [-0.25, -0.2) is 9.59 Å². The summed E-state index contributed by atoms with van der Waals surface area (Å²) in [5.74, 6) is 0.495. The zero-order valence-corrected chi connectivity index (χ0v) is 21.4. The molecule has 0 saturated carbocycles. The summed E-state index contributed by atoms with van der Waals surface area (Å²) in [6.45, 7) is 5.32. The molecule has 11 nitrogen and oxygen atoms in total. The summed E-state index contributed by atoms with van der Waals surface area (Å²) >= 11 is 0. The third kappa shape index (κ3) is 4.54. The first-order valence-electron chi connectivity index (χ1n) is 11.9. The molecular weight excluding hydrogens is 498 g/mol. The van der Waals surface area contributed by atoms with E-state index < -0.39 is 47.9 Å². The minimum absolute atomic E-state index is 0.00721. The van der Waals surface area contributed by atoms with Crippen LogP contribution in [0.4, 0.5) is 10.5 Å². The summed E-state index contributed by atoms with van der Waals surface area (Å²) in [6.07, 6.45) is -3.99. The number of carbonyl (C=O) groups excluding carboxylic acids is 2. The van der Waals surface area contributed by atoms with Crippen LogP contribution >= 0.6 is 0 Å². The van der Waals surface area contributed by atoms with Gasteiger partial charge in [0.15, 0.2) is 6.10 Å². The molecular formula is C27H27NO10. The molecule has 2 aliphatic rings. The van der Waals surface area contributed by atoms with Gasteiger partial charge in [0.2, 0.25) is 12.4 Å². The van der Waals surface area contributed by atoms with Crippen molar-refractivity contribution in [1.29, 1.82) is 0 Å². The number of benzene rings is 2. The lowest BCUT2D eigenvalue weighted by Gasteiger charge is -2.45. The van der Waals surface area contributed by atoms with E-state index in [0.29, 0.717) is 28.0 Å². The molecule has 0 bridgehead atoms. The number of rotatable bonds is 6. The largest absolute Gasteiger partial charge is 0.509 e. The van der Waals surface area contributed by atoms with Crippen molar-refractivity contribution < 1.29 is 42.4 Å². The summed E-state index contributed by atoms with van der Waals surface area (Å²) in [5, 5.41) is 3.16. The molecule has 3 heterocycles. The third-order valence-electron chi connectivity index (χ3n) is 6.66. The average Bonchev–Trinajstić information content (AvgIpc) is 3.27. The molecule has 4 unspecified atom stereocenters. The molecule has 38 heavy (non-hydrogen) atoms. The lowest BCUT2D eigenvalue weighted by Crippen LogP contribution is -2.62. The van der Waals surface area contributed by atoms with E-state index in [1.165, 1.54) is 20.3 Å². The van der Waals surface area contributed by atoms with E-state index in [4.69, 9.17) is 32.8 Å². The Hall–Kier alpha value is -4.09. The Morgan fingerprint density at radius 3 is 2.39 bits per heavy atom. The molecule has 0 spiro atoms. The second kappa shape index (κ2) is 9.66. The number of nitrogens with one attached hydrogen (secondary N) is 1. The SMILES string of the molecule is COc1ccc(C(=O)Nc2cc3ccc(OC4OC(C)(C)C(OC)C5OC(=O)OC45)c(C)c3oc2=O)cc1. The highest BCUT2D eigenvalue weighted by Crippen LogP contribution is 2.39. The Kier molecular flexibility index (Phi) is 6.49. The van der Waals surface area contributed by atoms with E-state index in [2.05, 4.69) is 5.32 Å². The van der Waals surface area contributed by atoms with Crippen molar-refractivity contribution in [2.45, 2.75) is 51.0 Å². The number of ether oxygens (including phenoxy) is 6. The molecule has 1 amide bonds. The van der Waals surface area contributed by atoms with E-state index in [1.807, 2.05) is 0 Å². The number of fused-ring (bicyclic) bond motifs is 2. The molecule has 11 heteroatoms. The van der Waals surface area contributed by atoms with Gasteiger partial charge in [0.25, 0.3) is 5.91 Å². The standard InChI is InChI=1S/C27H27NO10/c1-13-18(34-25-21-20(36-26(31)37-21)22(33-5)27(2,3)38-25)11-8-15-12-17(24(30)35-19(13)15)28-23(29)14-6-9-16(32-4)10-7-14/h6-12,20-22,25H,1-5H3,(H,28,29). The first-order valence-corrected chi connectivity index (χ1v) is 11.9. The Labute approximate surface area is 217 Å². The van der Waals surface area contributed by atoms with Crippen molar-refractivity contribution in [2.75, 3.05) is 19.5 Å². The quantitative estimate of drug-likeness (QED) is 0.374. The average molecular weight is 526 g/mol. The van der Waals surface area contributed by atoms with Crippen LogP contribution in [0.3, 0.4) is 0 Å². The number of anilines is 1. The molecule has 2 saturated heterocycles. The molecule has 3 aromatic rings. The maximum atomic E-state index is 12.7.